The second-order valence-electron chi connectivity index (χ2n) is 15.7. The fourth-order valence-electron chi connectivity index (χ4n) is 8.03. The normalized spacial score (nSPS) is 24.1. The molecular formula is C42H78O5. The number of aliphatic hydroxyl groups excluding tert-OH is 2. The van der Waals surface area contributed by atoms with Gasteiger partial charge in [0.15, 0.2) is 11.6 Å². The zero-order valence-electron chi connectivity index (χ0n) is 31.3. The number of rotatable bonds is 34. The predicted molar refractivity (Wildman–Crippen MR) is 197 cm³/mol. The molecule has 0 aromatic rings. The first kappa shape index (κ1) is 42.4. The van der Waals surface area contributed by atoms with E-state index in [1.54, 1.807) is 0 Å². The highest BCUT2D eigenvalue weighted by atomic mass is 16.5. The van der Waals surface area contributed by atoms with Crippen molar-refractivity contribution in [3.05, 3.63) is 0 Å². The van der Waals surface area contributed by atoms with Crippen LogP contribution in [0, 0.1) is 0 Å². The van der Waals surface area contributed by atoms with Crippen LogP contribution in [-0.4, -0.2) is 45.2 Å². The largest absolute Gasteiger partial charge is 0.385 e. The smallest absolute Gasteiger partial charge is 0.193 e. The molecule has 2 aliphatic rings. The van der Waals surface area contributed by atoms with Crippen LogP contribution in [-0.2, 0) is 14.3 Å². The zero-order chi connectivity index (χ0) is 34.1. The van der Waals surface area contributed by atoms with Gasteiger partial charge in [0, 0.05) is 12.8 Å². The molecule has 0 aromatic heterocycles. The van der Waals surface area contributed by atoms with Crippen molar-refractivity contribution in [1.82, 2.24) is 0 Å². The molecule has 0 radical (unpaired) electrons. The first-order valence-electron chi connectivity index (χ1n) is 21.1. The Hall–Kier alpha value is -0.780. The highest BCUT2D eigenvalue weighted by Gasteiger charge is 2.62. The van der Waals surface area contributed by atoms with Crippen molar-refractivity contribution >= 4 is 11.6 Å². The van der Waals surface area contributed by atoms with Gasteiger partial charge >= 0.3 is 0 Å². The summed E-state index contributed by atoms with van der Waals surface area (Å²) in [4.78, 5) is 25.9. The van der Waals surface area contributed by atoms with Gasteiger partial charge in [-0.1, -0.05) is 206 Å². The number of ether oxygens (including phenoxy) is 1. The molecule has 0 saturated heterocycles. The van der Waals surface area contributed by atoms with E-state index in [2.05, 4.69) is 13.8 Å². The third kappa shape index (κ3) is 16.7. The van der Waals surface area contributed by atoms with Crippen molar-refractivity contribution in [1.29, 1.82) is 0 Å². The van der Waals surface area contributed by atoms with Crippen LogP contribution in [0.15, 0.2) is 0 Å². The first-order chi connectivity index (χ1) is 22.9. The number of Topliss-reactive ketones (excluding diaryl/α,β-unsaturated/α-hetero) is 2. The van der Waals surface area contributed by atoms with Gasteiger partial charge in [-0.3, -0.25) is 9.59 Å². The summed E-state index contributed by atoms with van der Waals surface area (Å²) in [6, 6.07) is 0. The Balaban J connectivity index is 1.56. The summed E-state index contributed by atoms with van der Waals surface area (Å²) in [6.45, 7) is 4.54. The van der Waals surface area contributed by atoms with Gasteiger partial charge in [-0.2, -0.15) is 0 Å². The third-order valence-corrected chi connectivity index (χ3v) is 11.3. The summed E-state index contributed by atoms with van der Waals surface area (Å²) in [5, 5.41) is 20.3. The van der Waals surface area contributed by atoms with Crippen LogP contribution in [0.4, 0.5) is 0 Å². The van der Waals surface area contributed by atoms with E-state index >= 15 is 0 Å². The molecule has 0 aliphatic heterocycles. The number of carbonyl (C=O) groups excluding carboxylic acids is 2. The standard InChI is InChI=1S/C42H78O5/c1-3-5-7-9-11-13-15-17-19-21-23-25-27-29-31-33-41(35-37(43)39(41)45)47-42(36-38(44)40(42)46)34-32-30-28-26-24-22-20-18-16-14-12-10-8-6-4-2/h37-38,43-44H,3-36H2,1-2H3. The molecular weight excluding hydrogens is 584 g/mol. The molecule has 2 saturated carbocycles. The molecule has 4 unspecified atom stereocenters. The minimum Gasteiger partial charge on any atom is -0.385 e. The van der Waals surface area contributed by atoms with E-state index in [4.69, 9.17) is 4.74 Å². The third-order valence-electron chi connectivity index (χ3n) is 11.3. The van der Waals surface area contributed by atoms with E-state index in [0.717, 1.165) is 38.5 Å². The Morgan fingerprint density at radius 1 is 0.426 bits per heavy atom. The maximum absolute atomic E-state index is 12.9. The molecule has 2 aliphatic carbocycles. The maximum Gasteiger partial charge on any atom is 0.193 e. The monoisotopic (exact) mass is 663 g/mol. The second kappa shape index (κ2) is 26.1. The van der Waals surface area contributed by atoms with Crippen molar-refractivity contribution in [3.63, 3.8) is 0 Å². The fourth-order valence-corrected chi connectivity index (χ4v) is 8.03. The summed E-state index contributed by atoms with van der Waals surface area (Å²) >= 11 is 0. The summed E-state index contributed by atoms with van der Waals surface area (Å²) in [5.41, 5.74) is -2.08. The molecule has 0 spiro atoms. The van der Waals surface area contributed by atoms with Crippen molar-refractivity contribution in [3.8, 4) is 0 Å². The average molecular weight is 663 g/mol. The Bertz CT molecular complexity index is 734. The molecule has 47 heavy (non-hydrogen) atoms. The Morgan fingerprint density at radius 2 is 0.638 bits per heavy atom. The number of ketones is 2. The van der Waals surface area contributed by atoms with Gasteiger partial charge in [-0.15, -0.1) is 0 Å². The summed E-state index contributed by atoms with van der Waals surface area (Å²) in [5.74, 6) is -0.513. The van der Waals surface area contributed by atoms with Crippen LogP contribution in [0.1, 0.15) is 232 Å². The number of aliphatic hydroxyl groups is 2. The molecule has 0 bridgehead atoms. The quantitative estimate of drug-likeness (QED) is 0.0670. The molecule has 5 nitrogen and oxygen atoms in total. The lowest BCUT2D eigenvalue weighted by molar-refractivity contribution is -0.238. The van der Waals surface area contributed by atoms with E-state index in [1.165, 1.54) is 154 Å². The molecule has 276 valence electrons. The van der Waals surface area contributed by atoms with Crippen molar-refractivity contribution < 1.29 is 24.5 Å². The van der Waals surface area contributed by atoms with Crippen molar-refractivity contribution in [2.45, 2.75) is 256 Å². The lowest BCUT2D eigenvalue weighted by atomic mass is 9.68. The molecule has 4 atom stereocenters. The number of unbranched alkanes of at least 4 members (excludes halogenated alkanes) is 28. The van der Waals surface area contributed by atoms with Crippen LogP contribution in [0.5, 0.6) is 0 Å². The number of hydrogen-bond acceptors (Lipinski definition) is 5. The summed E-state index contributed by atoms with van der Waals surface area (Å²) in [6.07, 6.45) is 38.4. The number of carbonyl (C=O) groups is 2. The van der Waals surface area contributed by atoms with Crippen molar-refractivity contribution in [2.24, 2.45) is 0 Å². The van der Waals surface area contributed by atoms with E-state index in [-0.39, 0.29) is 24.4 Å². The topological polar surface area (TPSA) is 83.8 Å². The molecule has 0 amide bonds. The Morgan fingerprint density at radius 3 is 0.830 bits per heavy atom. The van der Waals surface area contributed by atoms with Crippen molar-refractivity contribution in [2.75, 3.05) is 0 Å². The van der Waals surface area contributed by atoms with E-state index in [1.807, 2.05) is 0 Å². The van der Waals surface area contributed by atoms with Gasteiger partial charge in [0.25, 0.3) is 0 Å². The second-order valence-corrected chi connectivity index (χ2v) is 15.7. The van der Waals surface area contributed by atoms with Gasteiger partial charge in [0.1, 0.15) is 23.4 Å². The summed E-state index contributed by atoms with van der Waals surface area (Å²) < 4.78 is 6.48. The van der Waals surface area contributed by atoms with Gasteiger partial charge in [-0.25, -0.2) is 0 Å². The average Bonchev–Trinajstić information content (AvgIpc) is 3.07. The molecule has 2 fully saturated rings. The van der Waals surface area contributed by atoms with E-state index in [9.17, 15) is 19.8 Å². The lowest BCUT2D eigenvalue weighted by Crippen LogP contribution is -2.69. The van der Waals surface area contributed by atoms with Gasteiger partial charge in [0.2, 0.25) is 0 Å². The van der Waals surface area contributed by atoms with Crippen LogP contribution in [0.25, 0.3) is 0 Å². The Kier molecular flexibility index (Phi) is 23.5. The first-order valence-corrected chi connectivity index (χ1v) is 21.1. The van der Waals surface area contributed by atoms with Gasteiger partial charge < -0.3 is 14.9 Å². The predicted octanol–water partition coefficient (Wildman–Crippen LogP) is 11.7. The van der Waals surface area contributed by atoms with Crippen LogP contribution in [0.2, 0.25) is 0 Å². The number of hydrogen-bond donors (Lipinski definition) is 2. The SMILES string of the molecule is CCCCCCCCCCCCCCCCCC1(OC2(CCCCCCCCCCCCCCCCC)CC(O)C2=O)CC(O)C1=O. The maximum atomic E-state index is 12.9. The molecule has 0 aromatic carbocycles. The lowest BCUT2D eigenvalue weighted by Gasteiger charge is -2.53. The molecule has 2 N–H and O–H groups in total. The highest BCUT2D eigenvalue weighted by molar-refractivity contribution is 6.00. The summed E-state index contributed by atoms with van der Waals surface area (Å²) in [7, 11) is 0. The minimum atomic E-state index is -1.04. The van der Waals surface area contributed by atoms with Gasteiger partial charge in [0.05, 0.1) is 0 Å². The van der Waals surface area contributed by atoms with E-state index in [0.29, 0.717) is 12.8 Å². The Labute approximate surface area is 291 Å². The fraction of sp³-hybridized carbons (Fsp3) is 0.952. The van der Waals surface area contributed by atoms with E-state index < -0.39 is 23.4 Å². The van der Waals surface area contributed by atoms with Crippen LogP contribution >= 0.6 is 0 Å². The highest BCUT2D eigenvalue weighted by Crippen LogP contribution is 2.47. The minimum absolute atomic E-state index is 0.257. The molecule has 5 heteroatoms. The zero-order valence-corrected chi connectivity index (χ0v) is 31.3. The molecule has 2 rings (SSSR count). The van der Waals surface area contributed by atoms with Crippen LogP contribution in [0.3, 0.4) is 0 Å². The van der Waals surface area contributed by atoms with Gasteiger partial charge in [-0.05, 0) is 12.8 Å². The molecule has 0 heterocycles. The van der Waals surface area contributed by atoms with Crippen LogP contribution < -0.4 is 0 Å².